The first-order valence-electron chi connectivity index (χ1n) is 11.5. The average Bonchev–Trinajstić information content (AvgIpc) is 3.10. The molecule has 0 radical (unpaired) electrons. The molecule has 6 atom stereocenters. The van der Waals surface area contributed by atoms with Gasteiger partial charge in [0.15, 0.2) is 0 Å². The van der Waals surface area contributed by atoms with E-state index in [4.69, 9.17) is 4.74 Å². The Morgan fingerprint density at radius 2 is 1.79 bits per heavy atom. The van der Waals surface area contributed by atoms with Gasteiger partial charge in [0, 0.05) is 13.2 Å². The van der Waals surface area contributed by atoms with E-state index in [2.05, 4.69) is 0 Å². The zero-order valence-electron chi connectivity index (χ0n) is 17.3. The van der Waals surface area contributed by atoms with Crippen molar-refractivity contribution in [1.29, 1.82) is 0 Å². The number of rotatable bonds is 9. The fraction of sp³-hybridized carbons (Fsp3) is 1.00. The number of β-amino-alcohol motifs (C(OH)–C–C–N with tert-alkyl or cyclic N) is 1. The Balaban J connectivity index is 1.30. The van der Waals surface area contributed by atoms with Crippen molar-refractivity contribution in [1.82, 2.24) is 4.90 Å². The third-order valence-electron chi connectivity index (χ3n) is 7.48. The van der Waals surface area contributed by atoms with E-state index in [1.807, 2.05) is 4.90 Å². The van der Waals surface area contributed by atoms with Crippen LogP contribution < -0.4 is 0 Å². The van der Waals surface area contributed by atoms with Crippen molar-refractivity contribution < 1.29 is 25.2 Å². The number of ether oxygens (including phenoxy) is 1. The van der Waals surface area contributed by atoms with E-state index in [1.165, 1.54) is 51.4 Å². The van der Waals surface area contributed by atoms with Gasteiger partial charge in [0.2, 0.25) is 0 Å². The normalized spacial score (nSPS) is 39.6. The molecule has 164 valence electrons. The Morgan fingerprint density at radius 3 is 2.61 bits per heavy atom. The number of hydrogen-bond donors (Lipinski definition) is 4. The molecule has 3 rings (SSSR count). The molecule has 6 nitrogen and oxygen atoms in total. The van der Waals surface area contributed by atoms with Crippen LogP contribution in [-0.2, 0) is 4.74 Å². The first-order valence-corrected chi connectivity index (χ1v) is 11.5. The number of nitrogens with zero attached hydrogens (tertiary/aromatic N) is 1. The molecule has 1 aliphatic heterocycles. The van der Waals surface area contributed by atoms with Crippen LogP contribution in [0.3, 0.4) is 0 Å². The Kier molecular flexibility index (Phi) is 8.57. The third kappa shape index (κ3) is 5.67. The zero-order chi connectivity index (χ0) is 20.0. The summed E-state index contributed by atoms with van der Waals surface area (Å²) in [6.07, 6.45) is 10.8. The molecule has 0 aromatic rings. The minimum atomic E-state index is -1.18. The number of hydrogen-bond acceptors (Lipinski definition) is 6. The van der Waals surface area contributed by atoms with Crippen LogP contribution >= 0.6 is 0 Å². The zero-order valence-corrected chi connectivity index (χ0v) is 17.3. The molecule has 2 unspecified atom stereocenters. The highest BCUT2D eigenvalue weighted by molar-refractivity contribution is 4.94. The van der Waals surface area contributed by atoms with Crippen molar-refractivity contribution in [3.05, 3.63) is 0 Å². The van der Waals surface area contributed by atoms with Gasteiger partial charge in [0.1, 0.15) is 12.2 Å². The Hall–Kier alpha value is -0.240. The predicted octanol–water partition coefficient (Wildman–Crippen LogP) is 1.68. The van der Waals surface area contributed by atoms with Crippen LogP contribution in [0.25, 0.3) is 0 Å². The van der Waals surface area contributed by atoms with Crippen molar-refractivity contribution >= 4 is 0 Å². The van der Waals surface area contributed by atoms with E-state index in [0.717, 1.165) is 38.4 Å². The van der Waals surface area contributed by atoms with Crippen LogP contribution in [0.4, 0.5) is 0 Å². The van der Waals surface area contributed by atoms with Crippen molar-refractivity contribution in [3.63, 3.8) is 0 Å². The summed E-state index contributed by atoms with van der Waals surface area (Å²) in [6.45, 7) is 2.52. The summed E-state index contributed by atoms with van der Waals surface area (Å²) in [6, 6.07) is -0.497. The smallest absolute Gasteiger partial charge is 0.109 e. The van der Waals surface area contributed by atoms with E-state index in [1.54, 1.807) is 0 Å². The van der Waals surface area contributed by atoms with E-state index >= 15 is 0 Å². The molecule has 3 aliphatic rings. The van der Waals surface area contributed by atoms with Gasteiger partial charge in [-0.15, -0.1) is 0 Å². The molecule has 2 aliphatic carbocycles. The molecule has 2 saturated carbocycles. The SMILES string of the molecule is OC[C@@H]1[C@@H](O)[C@H](O)[C@@H](O)CN1CCCCCOCC12CCCCCC(CC1)C2. The molecule has 1 saturated heterocycles. The summed E-state index contributed by atoms with van der Waals surface area (Å²) in [5, 5.41) is 39.2. The number of aliphatic hydroxyl groups excluding tert-OH is 4. The molecular weight excluding hydrogens is 358 g/mol. The van der Waals surface area contributed by atoms with Crippen LogP contribution in [0.15, 0.2) is 0 Å². The second-order valence-electron chi connectivity index (χ2n) is 9.61. The molecule has 1 heterocycles. The van der Waals surface area contributed by atoms with Crippen LogP contribution in [0, 0.1) is 11.3 Å². The van der Waals surface area contributed by atoms with E-state index in [-0.39, 0.29) is 6.61 Å². The van der Waals surface area contributed by atoms with Gasteiger partial charge in [-0.25, -0.2) is 0 Å². The monoisotopic (exact) mass is 399 g/mol. The fourth-order valence-corrected chi connectivity index (χ4v) is 5.73. The summed E-state index contributed by atoms with van der Waals surface area (Å²) in [7, 11) is 0. The Morgan fingerprint density at radius 1 is 0.929 bits per heavy atom. The second-order valence-corrected chi connectivity index (χ2v) is 9.61. The molecular formula is C22H41NO5. The van der Waals surface area contributed by atoms with Crippen molar-refractivity contribution in [3.8, 4) is 0 Å². The molecule has 3 fully saturated rings. The lowest BCUT2D eigenvalue weighted by Gasteiger charge is -2.43. The molecule has 0 aromatic heterocycles. The summed E-state index contributed by atoms with van der Waals surface area (Å²) < 4.78 is 6.11. The van der Waals surface area contributed by atoms with Gasteiger partial charge >= 0.3 is 0 Å². The fourth-order valence-electron chi connectivity index (χ4n) is 5.73. The van der Waals surface area contributed by atoms with Crippen molar-refractivity contribution in [2.45, 2.75) is 95.0 Å². The van der Waals surface area contributed by atoms with Crippen LogP contribution in [0.5, 0.6) is 0 Å². The number of fused-ring (bicyclic) bond motifs is 2. The molecule has 2 bridgehead atoms. The number of likely N-dealkylation sites (tertiary alicyclic amines) is 1. The lowest BCUT2D eigenvalue weighted by molar-refractivity contribution is -0.145. The summed E-state index contributed by atoms with van der Waals surface area (Å²) >= 11 is 0. The highest BCUT2D eigenvalue weighted by Crippen LogP contribution is 2.48. The van der Waals surface area contributed by atoms with Gasteiger partial charge < -0.3 is 25.2 Å². The maximum atomic E-state index is 10.0. The quantitative estimate of drug-likeness (QED) is 0.441. The summed E-state index contributed by atoms with van der Waals surface area (Å²) in [5.41, 5.74) is 0.459. The third-order valence-corrected chi connectivity index (χ3v) is 7.48. The molecule has 4 N–H and O–H groups in total. The van der Waals surface area contributed by atoms with Gasteiger partial charge in [0.25, 0.3) is 0 Å². The first kappa shape index (κ1) is 22.4. The number of unbranched alkanes of at least 4 members (excludes halogenated alkanes) is 2. The Bertz CT molecular complexity index is 464. The number of piperidine rings is 1. The van der Waals surface area contributed by atoms with E-state index in [0.29, 0.717) is 18.5 Å². The van der Waals surface area contributed by atoms with Gasteiger partial charge in [-0.05, 0) is 62.8 Å². The van der Waals surface area contributed by atoms with Gasteiger partial charge in [-0.3, -0.25) is 4.90 Å². The molecule has 28 heavy (non-hydrogen) atoms. The van der Waals surface area contributed by atoms with E-state index in [9.17, 15) is 20.4 Å². The maximum absolute atomic E-state index is 10.0. The van der Waals surface area contributed by atoms with Gasteiger partial charge in [-0.2, -0.15) is 0 Å². The lowest BCUT2D eigenvalue weighted by atomic mass is 9.78. The van der Waals surface area contributed by atoms with Crippen LogP contribution in [0.2, 0.25) is 0 Å². The molecule has 0 aromatic carbocycles. The van der Waals surface area contributed by atoms with Gasteiger partial charge in [-0.1, -0.05) is 25.7 Å². The topological polar surface area (TPSA) is 93.4 Å². The first-order chi connectivity index (χ1) is 13.5. The molecule has 0 spiro atoms. The standard InChI is InChI=1S/C22H41NO5/c24-15-18-20(26)21(27)19(25)14-23(18)11-5-2-6-12-28-16-22-9-4-1-3-7-17(13-22)8-10-22/h17-21,24-27H,1-16H2/t17?,18-,19+,20-,21-,22?/m1/s1. The largest absolute Gasteiger partial charge is 0.395 e. The van der Waals surface area contributed by atoms with Gasteiger partial charge in [0.05, 0.1) is 25.4 Å². The lowest BCUT2D eigenvalue weighted by Crippen LogP contribution is -2.62. The van der Waals surface area contributed by atoms with Crippen LogP contribution in [0.1, 0.15) is 70.6 Å². The second kappa shape index (κ2) is 10.7. The minimum Gasteiger partial charge on any atom is -0.395 e. The minimum absolute atomic E-state index is 0.211. The summed E-state index contributed by atoms with van der Waals surface area (Å²) in [5.74, 6) is 0.942. The number of aliphatic hydroxyl groups is 4. The van der Waals surface area contributed by atoms with Crippen LogP contribution in [-0.4, -0.2) is 82.6 Å². The molecule has 6 heteroatoms. The highest BCUT2D eigenvalue weighted by atomic mass is 16.5. The van der Waals surface area contributed by atoms with E-state index < -0.39 is 24.4 Å². The van der Waals surface area contributed by atoms with Crippen molar-refractivity contribution in [2.75, 3.05) is 32.9 Å². The summed E-state index contributed by atoms with van der Waals surface area (Å²) in [4.78, 5) is 1.90. The average molecular weight is 400 g/mol. The Labute approximate surface area is 169 Å². The maximum Gasteiger partial charge on any atom is 0.109 e. The highest BCUT2D eigenvalue weighted by Gasteiger charge is 2.41. The predicted molar refractivity (Wildman–Crippen MR) is 108 cm³/mol. The molecule has 0 amide bonds. The van der Waals surface area contributed by atoms with Crippen molar-refractivity contribution in [2.24, 2.45) is 11.3 Å².